The van der Waals surface area contributed by atoms with Gasteiger partial charge in [0.15, 0.2) is 0 Å². The minimum Gasteiger partial charge on any atom is -0.461 e. The van der Waals surface area contributed by atoms with E-state index in [0.29, 0.717) is 0 Å². The maximum atomic E-state index is 12.6. The minimum atomic E-state index is -0.650. The van der Waals surface area contributed by atoms with Crippen molar-refractivity contribution < 1.29 is 9.53 Å². The predicted molar refractivity (Wildman–Crippen MR) is 89.8 cm³/mol. The van der Waals surface area contributed by atoms with Gasteiger partial charge < -0.3 is 4.74 Å². The van der Waals surface area contributed by atoms with Gasteiger partial charge in [-0.15, -0.1) is 0 Å². The molecule has 1 fully saturated rings. The van der Waals surface area contributed by atoms with Crippen molar-refractivity contribution in [2.24, 2.45) is 0 Å². The van der Waals surface area contributed by atoms with Gasteiger partial charge in [0.1, 0.15) is 11.5 Å². The number of hydrogen-bond donors (Lipinski definition) is 0. The Morgan fingerprint density at radius 1 is 0.955 bits per heavy atom. The lowest BCUT2D eigenvalue weighted by Crippen LogP contribution is -2.32. The molecular weight excluding hydrogens is 272 g/mol. The third-order valence-electron chi connectivity index (χ3n) is 4.14. The molecule has 3 rings (SSSR count). The maximum Gasteiger partial charge on any atom is 0.321 e. The van der Waals surface area contributed by atoms with Gasteiger partial charge in [-0.1, -0.05) is 81.4 Å². The van der Waals surface area contributed by atoms with Crippen LogP contribution in [0.5, 0.6) is 0 Å². The van der Waals surface area contributed by atoms with Gasteiger partial charge in [0.2, 0.25) is 0 Å². The Labute approximate surface area is 133 Å². The zero-order valence-electron chi connectivity index (χ0n) is 13.6. The second kappa shape index (κ2) is 7.26. The summed E-state index contributed by atoms with van der Waals surface area (Å²) >= 11 is 0. The first-order valence-corrected chi connectivity index (χ1v) is 8.09. The van der Waals surface area contributed by atoms with Gasteiger partial charge in [-0.2, -0.15) is 0 Å². The highest BCUT2D eigenvalue weighted by molar-refractivity contribution is 5.89. The fourth-order valence-corrected chi connectivity index (χ4v) is 3.03. The standard InChI is InChI=1S/C18H18O2.C2H6/c1-2-16-13-18(17(19)20-16,14-9-5-3-6-10-14)15-11-7-4-8-12-15;1-2/h3-12,16H,2,13H2,1H3;1-2H3. The molecule has 0 N–H and O–H groups in total. The van der Waals surface area contributed by atoms with Crippen LogP contribution in [0.4, 0.5) is 0 Å². The first-order chi connectivity index (χ1) is 10.8. The van der Waals surface area contributed by atoms with Crippen LogP contribution < -0.4 is 0 Å². The largest absolute Gasteiger partial charge is 0.461 e. The molecule has 1 aliphatic heterocycles. The van der Waals surface area contributed by atoms with Crippen LogP contribution in [0.1, 0.15) is 44.7 Å². The van der Waals surface area contributed by atoms with Crippen LogP contribution in [-0.4, -0.2) is 12.1 Å². The highest BCUT2D eigenvalue weighted by Gasteiger charge is 2.50. The average molecular weight is 296 g/mol. The first-order valence-electron chi connectivity index (χ1n) is 8.09. The molecule has 0 spiro atoms. The SMILES string of the molecule is CC.CCC1CC(c2ccccc2)(c2ccccc2)C(=O)O1. The molecule has 2 aromatic carbocycles. The molecule has 0 aromatic heterocycles. The number of carbonyl (C=O) groups excluding carboxylic acids is 1. The molecule has 0 aliphatic carbocycles. The van der Waals surface area contributed by atoms with Crippen LogP contribution in [0, 0.1) is 0 Å². The Morgan fingerprint density at radius 2 is 1.41 bits per heavy atom. The van der Waals surface area contributed by atoms with E-state index in [9.17, 15) is 4.79 Å². The predicted octanol–water partition coefficient (Wildman–Crippen LogP) is 4.72. The Kier molecular flexibility index (Phi) is 5.37. The minimum absolute atomic E-state index is 0.00270. The van der Waals surface area contributed by atoms with E-state index in [2.05, 4.69) is 6.92 Å². The highest BCUT2D eigenvalue weighted by Crippen LogP contribution is 2.43. The van der Waals surface area contributed by atoms with Crippen LogP contribution in [-0.2, 0) is 14.9 Å². The average Bonchev–Trinajstić information content (AvgIpc) is 2.96. The van der Waals surface area contributed by atoms with E-state index in [-0.39, 0.29) is 12.1 Å². The zero-order chi connectivity index (χ0) is 16.0. The first kappa shape index (κ1) is 16.3. The van der Waals surface area contributed by atoms with Crippen LogP contribution in [0.15, 0.2) is 60.7 Å². The Balaban J connectivity index is 0.000000847. The summed E-state index contributed by atoms with van der Waals surface area (Å²) in [7, 11) is 0. The van der Waals surface area contributed by atoms with Crippen molar-refractivity contribution in [3.63, 3.8) is 0 Å². The lowest BCUT2D eigenvalue weighted by Gasteiger charge is -2.26. The van der Waals surface area contributed by atoms with E-state index in [1.54, 1.807) is 0 Å². The van der Waals surface area contributed by atoms with Crippen molar-refractivity contribution in [2.45, 2.75) is 45.1 Å². The number of esters is 1. The fraction of sp³-hybridized carbons (Fsp3) is 0.350. The fourth-order valence-electron chi connectivity index (χ4n) is 3.03. The number of cyclic esters (lactones) is 1. The topological polar surface area (TPSA) is 26.3 Å². The number of rotatable bonds is 3. The molecule has 0 saturated carbocycles. The van der Waals surface area contributed by atoms with Crippen molar-refractivity contribution >= 4 is 5.97 Å². The molecule has 1 heterocycles. The number of ether oxygens (including phenoxy) is 1. The number of hydrogen-bond acceptors (Lipinski definition) is 2. The van der Waals surface area contributed by atoms with E-state index in [1.165, 1.54) is 0 Å². The summed E-state index contributed by atoms with van der Waals surface area (Å²) in [6.07, 6.45) is 1.58. The van der Waals surface area contributed by atoms with Gasteiger partial charge >= 0.3 is 5.97 Å². The second-order valence-corrected chi connectivity index (χ2v) is 5.28. The Morgan fingerprint density at radius 3 is 1.77 bits per heavy atom. The lowest BCUT2D eigenvalue weighted by atomic mass is 9.72. The monoisotopic (exact) mass is 296 g/mol. The van der Waals surface area contributed by atoms with E-state index in [0.717, 1.165) is 24.0 Å². The van der Waals surface area contributed by atoms with Gasteiger partial charge in [0, 0.05) is 6.42 Å². The molecule has 2 heteroatoms. The third kappa shape index (κ3) is 2.78. The van der Waals surface area contributed by atoms with Crippen LogP contribution in [0.3, 0.4) is 0 Å². The van der Waals surface area contributed by atoms with Gasteiger partial charge in [0.25, 0.3) is 0 Å². The van der Waals surface area contributed by atoms with Crippen LogP contribution in [0.2, 0.25) is 0 Å². The molecule has 1 unspecified atom stereocenters. The lowest BCUT2D eigenvalue weighted by molar-refractivity contribution is -0.144. The summed E-state index contributed by atoms with van der Waals surface area (Å²) in [5.41, 5.74) is 1.39. The van der Waals surface area contributed by atoms with Crippen molar-refractivity contribution in [1.29, 1.82) is 0 Å². The molecule has 116 valence electrons. The van der Waals surface area contributed by atoms with Crippen molar-refractivity contribution in [3.8, 4) is 0 Å². The van der Waals surface area contributed by atoms with Crippen molar-refractivity contribution in [1.82, 2.24) is 0 Å². The van der Waals surface area contributed by atoms with Gasteiger partial charge in [-0.05, 0) is 17.5 Å². The van der Waals surface area contributed by atoms with Crippen LogP contribution >= 0.6 is 0 Å². The molecule has 0 bridgehead atoms. The summed E-state index contributed by atoms with van der Waals surface area (Å²) < 4.78 is 5.60. The molecule has 22 heavy (non-hydrogen) atoms. The third-order valence-corrected chi connectivity index (χ3v) is 4.14. The van der Waals surface area contributed by atoms with Crippen molar-refractivity contribution in [3.05, 3.63) is 71.8 Å². The molecule has 2 nitrogen and oxygen atoms in total. The normalized spacial score (nSPS) is 19.0. The van der Waals surface area contributed by atoms with E-state index in [1.807, 2.05) is 74.5 Å². The summed E-state index contributed by atoms with van der Waals surface area (Å²) in [5, 5.41) is 0. The van der Waals surface area contributed by atoms with Crippen molar-refractivity contribution in [2.75, 3.05) is 0 Å². The number of benzene rings is 2. The molecular formula is C20H24O2. The van der Waals surface area contributed by atoms with Crippen LogP contribution in [0.25, 0.3) is 0 Å². The van der Waals surface area contributed by atoms with E-state index >= 15 is 0 Å². The smallest absolute Gasteiger partial charge is 0.321 e. The summed E-state index contributed by atoms with van der Waals surface area (Å²) in [4.78, 5) is 12.6. The van der Waals surface area contributed by atoms with E-state index < -0.39 is 5.41 Å². The molecule has 0 radical (unpaired) electrons. The summed E-state index contributed by atoms with van der Waals surface area (Å²) in [5.74, 6) is -0.123. The Bertz CT molecular complexity index is 550. The molecule has 1 aliphatic rings. The summed E-state index contributed by atoms with van der Waals surface area (Å²) in [6.45, 7) is 6.06. The van der Waals surface area contributed by atoms with Gasteiger partial charge in [-0.3, -0.25) is 4.79 Å². The molecule has 1 atom stereocenters. The number of carbonyl (C=O) groups is 1. The molecule has 2 aromatic rings. The zero-order valence-corrected chi connectivity index (χ0v) is 13.6. The van der Waals surface area contributed by atoms with Gasteiger partial charge in [0.05, 0.1) is 0 Å². The van der Waals surface area contributed by atoms with Gasteiger partial charge in [-0.25, -0.2) is 0 Å². The second-order valence-electron chi connectivity index (χ2n) is 5.28. The summed E-state index contributed by atoms with van der Waals surface area (Å²) in [6, 6.07) is 19.9. The van der Waals surface area contributed by atoms with E-state index in [4.69, 9.17) is 4.74 Å². The molecule has 0 amide bonds. The highest BCUT2D eigenvalue weighted by atomic mass is 16.6. The maximum absolute atomic E-state index is 12.6. The molecule has 1 saturated heterocycles. The quantitative estimate of drug-likeness (QED) is 0.766. The Hall–Kier alpha value is -2.09.